The van der Waals surface area contributed by atoms with Gasteiger partial charge >= 0.3 is 5.97 Å². The molecule has 2 unspecified atom stereocenters. The Bertz CT molecular complexity index is 837. The van der Waals surface area contributed by atoms with Gasteiger partial charge in [0.2, 0.25) is 5.91 Å². The molecule has 0 spiro atoms. The highest BCUT2D eigenvalue weighted by atomic mass is 16.5. The molecule has 0 aliphatic rings. The fourth-order valence-electron chi connectivity index (χ4n) is 8.52. The molecule has 352 valence electrons. The van der Waals surface area contributed by atoms with Gasteiger partial charge in [0.1, 0.15) is 0 Å². The third kappa shape index (κ3) is 46.2. The van der Waals surface area contributed by atoms with E-state index >= 15 is 0 Å². The van der Waals surface area contributed by atoms with Crippen molar-refractivity contribution in [2.24, 2.45) is 0 Å². The van der Waals surface area contributed by atoms with Crippen LogP contribution < -0.4 is 5.32 Å². The summed E-state index contributed by atoms with van der Waals surface area (Å²) in [6, 6.07) is -0.543. The van der Waals surface area contributed by atoms with E-state index in [1.54, 1.807) is 0 Å². The van der Waals surface area contributed by atoms with Gasteiger partial charge in [-0.05, 0) is 25.7 Å². The third-order valence-corrected chi connectivity index (χ3v) is 12.7. The van der Waals surface area contributed by atoms with Gasteiger partial charge in [0.15, 0.2) is 0 Å². The van der Waals surface area contributed by atoms with Crippen LogP contribution in [-0.4, -0.2) is 47.4 Å². The van der Waals surface area contributed by atoms with E-state index in [4.69, 9.17) is 4.74 Å². The first-order valence-electron chi connectivity index (χ1n) is 26.8. The van der Waals surface area contributed by atoms with Crippen molar-refractivity contribution in [2.45, 2.75) is 315 Å². The molecule has 0 aromatic carbocycles. The van der Waals surface area contributed by atoms with Gasteiger partial charge in [0.25, 0.3) is 0 Å². The van der Waals surface area contributed by atoms with Crippen LogP contribution in [0.4, 0.5) is 0 Å². The van der Waals surface area contributed by atoms with Gasteiger partial charge in [-0.1, -0.05) is 264 Å². The number of amides is 1. The lowest BCUT2D eigenvalue weighted by molar-refractivity contribution is -0.143. The molecule has 0 aromatic rings. The summed E-state index contributed by atoms with van der Waals surface area (Å²) < 4.78 is 5.48. The summed E-state index contributed by atoms with van der Waals surface area (Å²) in [5.41, 5.74) is 0. The minimum atomic E-state index is -0.666. The number of esters is 1. The molecule has 2 atom stereocenters. The topological polar surface area (TPSA) is 95.9 Å². The maximum absolute atomic E-state index is 12.4. The molecule has 0 rings (SSSR count). The Morgan fingerprint density at radius 1 is 0.407 bits per heavy atom. The molecular formula is C53H105NO5. The molecule has 0 aliphatic heterocycles. The zero-order chi connectivity index (χ0) is 43.0. The predicted octanol–water partition coefficient (Wildman–Crippen LogP) is 16.0. The fraction of sp³-hybridized carbons (Fsp3) is 0.962. The van der Waals surface area contributed by atoms with Crippen molar-refractivity contribution in [1.29, 1.82) is 0 Å². The van der Waals surface area contributed by atoms with Gasteiger partial charge in [-0.3, -0.25) is 9.59 Å². The molecule has 0 aliphatic carbocycles. The van der Waals surface area contributed by atoms with Crippen molar-refractivity contribution in [3.8, 4) is 0 Å². The maximum Gasteiger partial charge on any atom is 0.305 e. The predicted molar refractivity (Wildman–Crippen MR) is 255 cm³/mol. The van der Waals surface area contributed by atoms with Gasteiger partial charge < -0.3 is 20.3 Å². The Kier molecular flexibility index (Phi) is 48.6. The van der Waals surface area contributed by atoms with Crippen molar-refractivity contribution in [3.63, 3.8) is 0 Å². The number of carbonyl (C=O) groups is 2. The van der Waals surface area contributed by atoms with Crippen molar-refractivity contribution in [2.75, 3.05) is 13.2 Å². The molecule has 0 saturated carbocycles. The number of unbranched alkanes of at least 4 members (excludes halogenated alkanes) is 39. The SMILES string of the molecule is CCCCCCCCCCCCCCCCCC(=O)OCCCCCCCCCCCCCCCCCCC(=O)NC(CO)C(O)CCCCCCCCCCCCC. The summed E-state index contributed by atoms with van der Waals surface area (Å²) in [5.74, 6) is -0.0348. The van der Waals surface area contributed by atoms with Crippen molar-refractivity contribution >= 4 is 11.9 Å². The maximum atomic E-state index is 12.4. The molecule has 0 bridgehead atoms. The number of aliphatic hydroxyl groups excluding tert-OH is 2. The summed E-state index contributed by atoms with van der Waals surface area (Å²) in [6.45, 7) is 4.95. The largest absolute Gasteiger partial charge is 0.466 e. The third-order valence-electron chi connectivity index (χ3n) is 12.7. The normalized spacial score (nSPS) is 12.5. The molecular weight excluding hydrogens is 731 g/mol. The van der Waals surface area contributed by atoms with Crippen LogP contribution in [0.1, 0.15) is 303 Å². The van der Waals surface area contributed by atoms with E-state index in [0.29, 0.717) is 25.9 Å². The molecule has 59 heavy (non-hydrogen) atoms. The minimum Gasteiger partial charge on any atom is -0.466 e. The zero-order valence-corrected chi connectivity index (χ0v) is 40.0. The number of hydrogen-bond donors (Lipinski definition) is 3. The Labute approximate surface area is 368 Å². The summed E-state index contributed by atoms with van der Waals surface area (Å²) in [4.78, 5) is 24.5. The minimum absolute atomic E-state index is 0.00652. The van der Waals surface area contributed by atoms with Crippen molar-refractivity contribution in [1.82, 2.24) is 5.32 Å². The van der Waals surface area contributed by atoms with Crippen LogP contribution in [0.5, 0.6) is 0 Å². The van der Waals surface area contributed by atoms with Crippen LogP contribution in [0, 0.1) is 0 Å². The number of aliphatic hydroxyl groups is 2. The van der Waals surface area contributed by atoms with Gasteiger partial charge in [0.05, 0.1) is 25.4 Å². The van der Waals surface area contributed by atoms with Crippen LogP contribution in [0.2, 0.25) is 0 Å². The highest BCUT2D eigenvalue weighted by molar-refractivity contribution is 5.76. The summed E-state index contributed by atoms with van der Waals surface area (Å²) in [7, 11) is 0. The lowest BCUT2D eigenvalue weighted by atomic mass is 10.0. The number of hydrogen-bond acceptors (Lipinski definition) is 5. The van der Waals surface area contributed by atoms with Crippen LogP contribution in [0.15, 0.2) is 0 Å². The molecule has 0 aromatic heterocycles. The summed E-state index contributed by atoms with van der Waals surface area (Å²) in [5, 5.41) is 23.1. The van der Waals surface area contributed by atoms with E-state index in [2.05, 4.69) is 19.2 Å². The standard InChI is InChI=1S/C53H105NO5/c1-3-5-7-9-11-13-15-16-19-23-27-31-35-39-43-47-53(58)59-48-44-40-36-32-28-24-21-18-17-20-22-26-30-34-38-42-46-52(57)54-50(49-55)51(56)45-41-37-33-29-25-14-12-10-8-6-4-2/h50-51,55-56H,3-49H2,1-2H3,(H,54,57). The van der Waals surface area contributed by atoms with E-state index in [9.17, 15) is 19.8 Å². The van der Waals surface area contributed by atoms with Crippen LogP contribution >= 0.6 is 0 Å². The summed E-state index contributed by atoms with van der Waals surface area (Å²) in [6.07, 6.45) is 55.1. The zero-order valence-electron chi connectivity index (χ0n) is 40.0. The number of ether oxygens (including phenoxy) is 1. The Morgan fingerprint density at radius 3 is 1.03 bits per heavy atom. The van der Waals surface area contributed by atoms with Crippen molar-refractivity contribution in [3.05, 3.63) is 0 Å². The van der Waals surface area contributed by atoms with Gasteiger partial charge in [-0.25, -0.2) is 0 Å². The lowest BCUT2D eigenvalue weighted by Crippen LogP contribution is -2.45. The van der Waals surface area contributed by atoms with E-state index in [-0.39, 0.29) is 18.5 Å². The Hall–Kier alpha value is -1.14. The second-order valence-electron chi connectivity index (χ2n) is 18.6. The molecule has 0 heterocycles. The smallest absolute Gasteiger partial charge is 0.305 e. The van der Waals surface area contributed by atoms with Crippen LogP contribution in [0.25, 0.3) is 0 Å². The van der Waals surface area contributed by atoms with E-state index in [0.717, 1.165) is 38.5 Å². The van der Waals surface area contributed by atoms with E-state index < -0.39 is 12.1 Å². The van der Waals surface area contributed by atoms with Gasteiger partial charge in [0, 0.05) is 12.8 Å². The average Bonchev–Trinajstić information content (AvgIpc) is 3.24. The number of rotatable bonds is 50. The molecule has 0 fully saturated rings. The molecule has 6 heteroatoms. The number of carbonyl (C=O) groups excluding carboxylic acids is 2. The first kappa shape index (κ1) is 57.9. The second-order valence-corrected chi connectivity index (χ2v) is 18.6. The number of nitrogens with one attached hydrogen (secondary N) is 1. The quantitative estimate of drug-likeness (QED) is 0.0419. The van der Waals surface area contributed by atoms with Gasteiger partial charge in [-0.2, -0.15) is 0 Å². The van der Waals surface area contributed by atoms with Crippen molar-refractivity contribution < 1.29 is 24.5 Å². The molecule has 0 radical (unpaired) electrons. The molecule has 6 nitrogen and oxygen atoms in total. The first-order chi connectivity index (χ1) is 29.0. The Balaban J connectivity index is 3.38. The van der Waals surface area contributed by atoms with E-state index in [1.165, 1.54) is 231 Å². The molecule has 3 N–H and O–H groups in total. The van der Waals surface area contributed by atoms with Crippen LogP contribution in [-0.2, 0) is 14.3 Å². The summed E-state index contributed by atoms with van der Waals surface area (Å²) >= 11 is 0. The highest BCUT2D eigenvalue weighted by Crippen LogP contribution is 2.17. The average molecular weight is 836 g/mol. The second kappa shape index (κ2) is 49.5. The monoisotopic (exact) mass is 836 g/mol. The molecule has 1 amide bonds. The first-order valence-corrected chi connectivity index (χ1v) is 26.8. The highest BCUT2D eigenvalue weighted by Gasteiger charge is 2.20. The van der Waals surface area contributed by atoms with Gasteiger partial charge in [-0.15, -0.1) is 0 Å². The fourth-order valence-corrected chi connectivity index (χ4v) is 8.52. The van der Waals surface area contributed by atoms with Crippen LogP contribution in [0.3, 0.4) is 0 Å². The Morgan fingerprint density at radius 2 is 0.695 bits per heavy atom. The van der Waals surface area contributed by atoms with E-state index in [1.807, 2.05) is 0 Å². The molecule has 0 saturated heterocycles. The lowest BCUT2D eigenvalue weighted by Gasteiger charge is -2.22.